The SMILES string of the molecule is CC1(C)c2ccccc2-c2c1ccc1c3ccccc3n(-c3ccc4oc5c(-c6nc(-c7ccccc7)c7ccccc7n6)cccc5c4c3)c21.CC1(C)c2ccccc2-c2cc3c4ccccc4n(-c4ccc5oc6c(-c7nc(-c8ccccc8)c8ccccc8n7)cccc6c5c4)c3cc21. The van der Waals surface area contributed by atoms with Crippen molar-refractivity contribution in [2.45, 2.75) is 38.5 Å². The molecule has 0 bridgehead atoms. The average Bonchev–Trinajstić information content (AvgIpc) is 1.53. The van der Waals surface area contributed by atoms with Crippen LogP contribution in [0.15, 0.2) is 312 Å². The van der Waals surface area contributed by atoms with Gasteiger partial charge in [-0.15, -0.1) is 0 Å². The number of nitrogens with zero attached hydrogens (tertiary/aromatic N) is 6. The van der Waals surface area contributed by atoms with E-state index in [0.29, 0.717) is 11.6 Å². The lowest BCUT2D eigenvalue weighted by molar-refractivity contribution is 0.660. The van der Waals surface area contributed by atoms with E-state index in [0.717, 1.165) is 111 Å². The second-order valence-corrected chi connectivity index (χ2v) is 28.3. The van der Waals surface area contributed by atoms with Gasteiger partial charge < -0.3 is 18.0 Å². The number of furan rings is 2. The summed E-state index contributed by atoms with van der Waals surface area (Å²) in [5.74, 6) is 1.30. The zero-order chi connectivity index (χ0) is 67.7. The lowest BCUT2D eigenvalue weighted by atomic mass is 9.82. The zero-order valence-electron chi connectivity index (χ0n) is 56.4. The van der Waals surface area contributed by atoms with E-state index < -0.39 is 0 Å². The molecule has 14 aromatic carbocycles. The molecule has 0 saturated carbocycles. The molecule has 0 amide bonds. The summed E-state index contributed by atoms with van der Waals surface area (Å²) in [6.07, 6.45) is 0. The smallest absolute Gasteiger partial charge is 0.164 e. The summed E-state index contributed by atoms with van der Waals surface area (Å²) in [4.78, 5) is 20.5. The number of rotatable bonds is 6. The van der Waals surface area contributed by atoms with Crippen molar-refractivity contribution >= 4 is 109 Å². The highest BCUT2D eigenvalue weighted by Gasteiger charge is 2.39. The van der Waals surface area contributed by atoms with E-state index in [9.17, 15) is 0 Å². The third-order valence-corrected chi connectivity index (χ3v) is 22.0. The van der Waals surface area contributed by atoms with Crippen LogP contribution >= 0.6 is 0 Å². The Kier molecular flexibility index (Phi) is 12.4. The fraction of sp³-hybridized carbons (Fsp3) is 0.0638. The van der Waals surface area contributed by atoms with Gasteiger partial charge in [0.1, 0.15) is 22.3 Å². The molecule has 0 unspecified atom stereocenters. The maximum absolute atomic E-state index is 6.70. The Morgan fingerprint density at radius 1 is 0.275 bits per heavy atom. The molecule has 0 spiro atoms. The lowest BCUT2D eigenvalue weighted by Crippen LogP contribution is -2.14. The summed E-state index contributed by atoms with van der Waals surface area (Å²) in [5.41, 5.74) is 28.4. The number of benzene rings is 14. The second-order valence-electron chi connectivity index (χ2n) is 28.3. The van der Waals surface area contributed by atoms with Crippen molar-refractivity contribution < 1.29 is 8.83 Å². The van der Waals surface area contributed by atoms with Gasteiger partial charge in [0, 0.05) is 92.8 Å². The molecule has 0 atom stereocenters. The quantitative estimate of drug-likeness (QED) is 0.165. The van der Waals surface area contributed by atoms with Gasteiger partial charge in [-0.1, -0.05) is 246 Å². The lowest BCUT2D eigenvalue weighted by Gasteiger charge is -2.21. The Hall–Kier alpha value is -13.0. The molecule has 0 saturated heterocycles. The minimum Gasteiger partial charge on any atom is -0.455 e. The van der Waals surface area contributed by atoms with E-state index in [2.05, 4.69) is 292 Å². The monoisotopic (exact) mass is 1310 g/mol. The standard InChI is InChI=1S/2C47H31N3O/c1-47(2)37-20-9-6-16-33(37)42-38(47)25-24-31-30-15-8-11-22-40(30)50(44(31)42)29-23-26-41-36(27-29)32-18-12-19-35(45(32)51-41)46-48-39-21-10-7-17-34(39)43(49-46)28-13-4-3-5-14-28;1-47(2)38-20-9-6-15-30(38)35-26-36-31-16-8-11-22-41(31)50(42(36)27-39(35)47)29-23-24-43-37(25-29)32-18-12-19-34(45(32)51-43)46-48-40-21-10-7-17-33(40)44(49-46)28-13-4-3-5-14-28/h2*3-27H,1-2H3. The summed E-state index contributed by atoms with van der Waals surface area (Å²) >= 11 is 0. The number of hydrogen-bond acceptors (Lipinski definition) is 6. The molecule has 6 heterocycles. The molecule has 6 aromatic heterocycles. The van der Waals surface area contributed by atoms with Gasteiger partial charge in [0.05, 0.1) is 55.6 Å². The summed E-state index contributed by atoms with van der Waals surface area (Å²) in [5, 5.41) is 11.3. The molecule has 2 aliphatic carbocycles. The van der Waals surface area contributed by atoms with Gasteiger partial charge in [-0.05, 0) is 124 Å². The topological polar surface area (TPSA) is 87.7 Å². The molecule has 8 nitrogen and oxygen atoms in total. The van der Waals surface area contributed by atoms with Crippen LogP contribution in [0.5, 0.6) is 0 Å². The van der Waals surface area contributed by atoms with Gasteiger partial charge in [0.2, 0.25) is 0 Å². The Balaban J connectivity index is 0.000000133. The third-order valence-electron chi connectivity index (χ3n) is 22.0. The number of para-hydroxylation sites is 6. The van der Waals surface area contributed by atoms with Crippen LogP contribution < -0.4 is 0 Å². The normalized spacial score (nSPS) is 13.5. The highest BCUT2D eigenvalue weighted by Crippen LogP contribution is 2.55. The van der Waals surface area contributed by atoms with Crippen molar-refractivity contribution in [3.63, 3.8) is 0 Å². The third kappa shape index (κ3) is 8.44. The first kappa shape index (κ1) is 58.0. The van der Waals surface area contributed by atoms with Crippen molar-refractivity contribution in [3.8, 4) is 78.9 Å². The van der Waals surface area contributed by atoms with Gasteiger partial charge in [0.25, 0.3) is 0 Å². The molecule has 22 rings (SSSR count). The molecule has 480 valence electrons. The summed E-state index contributed by atoms with van der Waals surface area (Å²) in [6, 6.07) is 108. The Labute approximate surface area is 586 Å². The molecule has 8 heteroatoms. The van der Waals surface area contributed by atoms with Crippen LogP contribution in [0, 0.1) is 0 Å². The van der Waals surface area contributed by atoms with E-state index in [1.54, 1.807) is 0 Å². The fourth-order valence-corrected chi connectivity index (χ4v) is 17.2. The van der Waals surface area contributed by atoms with Crippen molar-refractivity contribution in [2.24, 2.45) is 0 Å². The van der Waals surface area contributed by atoms with Gasteiger partial charge >= 0.3 is 0 Å². The molecule has 0 N–H and O–H groups in total. The fourth-order valence-electron chi connectivity index (χ4n) is 17.2. The Bertz CT molecular complexity index is 6930. The highest BCUT2D eigenvalue weighted by atomic mass is 16.3. The van der Waals surface area contributed by atoms with Gasteiger partial charge in [0.15, 0.2) is 11.6 Å². The van der Waals surface area contributed by atoms with Crippen molar-refractivity contribution in [1.29, 1.82) is 0 Å². The molecule has 2 aliphatic rings. The van der Waals surface area contributed by atoms with Gasteiger partial charge in [-0.2, -0.15) is 0 Å². The summed E-state index contributed by atoms with van der Waals surface area (Å²) < 4.78 is 18.3. The van der Waals surface area contributed by atoms with Crippen LogP contribution in [0.3, 0.4) is 0 Å². The molecule has 102 heavy (non-hydrogen) atoms. The van der Waals surface area contributed by atoms with Crippen molar-refractivity contribution in [3.05, 3.63) is 326 Å². The first-order valence-electron chi connectivity index (χ1n) is 35.0. The highest BCUT2D eigenvalue weighted by molar-refractivity contribution is 6.18. The maximum atomic E-state index is 6.70. The molecular formula is C94H62N6O2. The molecule has 20 aromatic rings. The Morgan fingerprint density at radius 3 is 1.31 bits per heavy atom. The number of fused-ring (bicyclic) bond motifs is 21. The first-order chi connectivity index (χ1) is 50.1. The van der Waals surface area contributed by atoms with Crippen LogP contribution in [-0.2, 0) is 10.8 Å². The zero-order valence-corrected chi connectivity index (χ0v) is 56.4. The summed E-state index contributed by atoms with van der Waals surface area (Å²) in [6.45, 7) is 9.39. The molecule has 0 radical (unpaired) electrons. The molecule has 0 aliphatic heterocycles. The van der Waals surface area contributed by atoms with Gasteiger partial charge in [-0.25, -0.2) is 19.9 Å². The number of aromatic nitrogens is 6. The van der Waals surface area contributed by atoms with Crippen LogP contribution in [0.25, 0.3) is 188 Å². The van der Waals surface area contributed by atoms with E-state index in [1.807, 2.05) is 48.5 Å². The van der Waals surface area contributed by atoms with Crippen LogP contribution in [-0.4, -0.2) is 29.1 Å². The van der Waals surface area contributed by atoms with E-state index in [4.69, 9.17) is 28.8 Å². The molecule has 0 fully saturated rings. The largest absolute Gasteiger partial charge is 0.455 e. The average molecular weight is 1310 g/mol. The van der Waals surface area contributed by atoms with Gasteiger partial charge in [-0.3, -0.25) is 0 Å². The van der Waals surface area contributed by atoms with Crippen molar-refractivity contribution in [2.75, 3.05) is 0 Å². The predicted molar refractivity (Wildman–Crippen MR) is 419 cm³/mol. The minimum atomic E-state index is -0.0896. The van der Waals surface area contributed by atoms with Crippen LogP contribution in [0.2, 0.25) is 0 Å². The van der Waals surface area contributed by atoms with E-state index in [1.165, 1.54) is 88.1 Å². The first-order valence-corrected chi connectivity index (χ1v) is 35.0. The van der Waals surface area contributed by atoms with E-state index >= 15 is 0 Å². The van der Waals surface area contributed by atoms with Crippen LogP contribution in [0.1, 0.15) is 49.9 Å². The minimum absolute atomic E-state index is 0.0896. The maximum Gasteiger partial charge on any atom is 0.164 e. The second kappa shape index (κ2) is 21.7. The van der Waals surface area contributed by atoms with Crippen molar-refractivity contribution in [1.82, 2.24) is 29.1 Å². The summed E-state index contributed by atoms with van der Waals surface area (Å²) in [7, 11) is 0. The molecular weight excluding hydrogens is 1250 g/mol. The number of hydrogen-bond donors (Lipinski definition) is 0. The van der Waals surface area contributed by atoms with E-state index in [-0.39, 0.29) is 10.8 Å². The predicted octanol–water partition coefficient (Wildman–Crippen LogP) is 24.5. The Morgan fingerprint density at radius 2 is 0.725 bits per heavy atom. The van der Waals surface area contributed by atoms with Crippen LogP contribution in [0.4, 0.5) is 0 Å².